The van der Waals surface area contributed by atoms with Gasteiger partial charge < -0.3 is 15.8 Å². The molecular weight excluding hydrogens is 360 g/mol. The Bertz CT molecular complexity index is 592. The van der Waals surface area contributed by atoms with Gasteiger partial charge in [-0.1, -0.05) is 0 Å². The number of benzene rings is 1. The lowest BCUT2D eigenvalue weighted by Crippen LogP contribution is -2.04. The minimum Gasteiger partial charge on any atom is -0.481 e. The monoisotopic (exact) mass is 373 g/mol. The van der Waals surface area contributed by atoms with E-state index in [0.29, 0.717) is 27.4 Å². The summed E-state index contributed by atoms with van der Waals surface area (Å²) < 4.78 is 19.0. The summed E-state index contributed by atoms with van der Waals surface area (Å²) in [5, 5.41) is 3.10. The van der Waals surface area contributed by atoms with E-state index in [2.05, 4.69) is 10.3 Å². The maximum atomic E-state index is 13.5. The highest BCUT2D eigenvalue weighted by molar-refractivity contribution is 14.1. The zero-order chi connectivity index (χ0) is 13.8. The number of hydrogen-bond donors (Lipinski definition) is 2. The highest BCUT2D eigenvalue weighted by Gasteiger charge is 2.06. The number of ether oxygens (including phenoxy) is 1. The molecular formula is C13H13FIN3O. The summed E-state index contributed by atoms with van der Waals surface area (Å²) in [6.07, 6.45) is 1.66. The Labute approximate surface area is 124 Å². The van der Waals surface area contributed by atoms with Gasteiger partial charge in [-0.2, -0.15) is 0 Å². The van der Waals surface area contributed by atoms with Crippen LogP contribution in [0.3, 0.4) is 0 Å². The van der Waals surface area contributed by atoms with Gasteiger partial charge in [-0.3, -0.25) is 0 Å². The Morgan fingerprint density at radius 1 is 1.42 bits per heavy atom. The minimum atomic E-state index is -0.287. The highest BCUT2D eigenvalue weighted by atomic mass is 127. The molecule has 0 amide bonds. The maximum absolute atomic E-state index is 13.5. The number of halogens is 2. The van der Waals surface area contributed by atoms with Crippen LogP contribution in [0.1, 0.15) is 5.56 Å². The second kappa shape index (κ2) is 6.05. The lowest BCUT2D eigenvalue weighted by atomic mass is 10.2. The van der Waals surface area contributed by atoms with Crippen LogP contribution in [0.25, 0.3) is 0 Å². The smallest absolute Gasteiger partial charge is 0.213 e. The largest absolute Gasteiger partial charge is 0.481 e. The van der Waals surface area contributed by atoms with Crippen molar-refractivity contribution in [3.63, 3.8) is 0 Å². The number of hydrogen-bond acceptors (Lipinski definition) is 4. The first-order chi connectivity index (χ1) is 9.10. The van der Waals surface area contributed by atoms with Crippen LogP contribution in [-0.4, -0.2) is 12.1 Å². The molecule has 1 aromatic carbocycles. The molecule has 0 spiro atoms. The number of methoxy groups -OCH3 is 1. The molecule has 0 unspecified atom stereocenters. The molecule has 6 heteroatoms. The molecule has 0 aliphatic rings. The first-order valence-electron chi connectivity index (χ1n) is 5.57. The number of nitrogens with zero attached hydrogens (tertiary/aromatic N) is 1. The first-order valence-corrected chi connectivity index (χ1v) is 6.65. The van der Waals surface area contributed by atoms with Crippen molar-refractivity contribution in [2.24, 2.45) is 0 Å². The number of pyridine rings is 1. The molecule has 0 aliphatic carbocycles. The summed E-state index contributed by atoms with van der Waals surface area (Å²) >= 11 is 1.91. The molecule has 100 valence electrons. The molecule has 0 radical (unpaired) electrons. The Balaban J connectivity index is 2.12. The van der Waals surface area contributed by atoms with Gasteiger partial charge in [-0.25, -0.2) is 9.37 Å². The summed E-state index contributed by atoms with van der Waals surface area (Å²) in [4.78, 5) is 4.02. The Hall–Kier alpha value is -1.57. The van der Waals surface area contributed by atoms with Crippen LogP contribution in [0.2, 0.25) is 0 Å². The average Bonchev–Trinajstić information content (AvgIpc) is 2.41. The number of nitrogen functional groups attached to an aromatic ring is 1. The summed E-state index contributed by atoms with van der Waals surface area (Å²) in [6.45, 7) is 0.517. The van der Waals surface area contributed by atoms with E-state index in [-0.39, 0.29) is 5.82 Å². The van der Waals surface area contributed by atoms with E-state index in [4.69, 9.17) is 10.5 Å². The van der Waals surface area contributed by atoms with Gasteiger partial charge in [-0.15, -0.1) is 0 Å². The van der Waals surface area contributed by atoms with Crippen molar-refractivity contribution in [1.29, 1.82) is 0 Å². The van der Waals surface area contributed by atoms with Gasteiger partial charge in [0.25, 0.3) is 0 Å². The second-order valence-electron chi connectivity index (χ2n) is 3.91. The summed E-state index contributed by atoms with van der Waals surface area (Å²) in [5.41, 5.74) is 7.91. The van der Waals surface area contributed by atoms with Gasteiger partial charge >= 0.3 is 0 Å². The third-order valence-corrected chi connectivity index (χ3v) is 3.41. The lowest BCUT2D eigenvalue weighted by molar-refractivity contribution is 0.397. The molecule has 0 atom stereocenters. The number of anilines is 2. The topological polar surface area (TPSA) is 60.2 Å². The summed E-state index contributed by atoms with van der Waals surface area (Å²) in [5.74, 6) is 0.255. The fourth-order valence-electron chi connectivity index (χ4n) is 1.58. The molecule has 4 nitrogen and oxygen atoms in total. The fraction of sp³-hybridized carbons (Fsp3) is 0.154. The minimum absolute atomic E-state index is 0.287. The molecule has 0 bridgehead atoms. The zero-order valence-corrected chi connectivity index (χ0v) is 12.4. The van der Waals surface area contributed by atoms with E-state index in [0.717, 1.165) is 5.56 Å². The van der Waals surface area contributed by atoms with E-state index in [1.54, 1.807) is 19.4 Å². The van der Waals surface area contributed by atoms with E-state index in [1.807, 2.05) is 34.7 Å². The van der Waals surface area contributed by atoms with Gasteiger partial charge in [0, 0.05) is 24.9 Å². The van der Waals surface area contributed by atoms with E-state index in [9.17, 15) is 4.39 Å². The van der Waals surface area contributed by atoms with Crippen LogP contribution in [0.4, 0.5) is 15.8 Å². The first kappa shape index (κ1) is 13.9. The molecule has 2 rings (SSSR count). The van der Waals surface area contributed by atoms with Crippen molar-refractivity contribution in [1.82, 2.24) is 4.98 Å². The third-order valence-electron chi connectivity index (χ3n) is 2.58. The number of rotatable bonds is 4. The van der Waals surface area contributed by atoms with Crippen molar-refractivity contribution in [3.8, 4) is 5.88 Å². The third kappa shape index (κ3) is 3.46. The quantitative estimate of drug-likeness (QED) is 0.639. The number of aromatic nitrogens is 1. The van der Waals surface area contributed by atoms with Gasteiger partial charge in [0.2, 0.25) is 5.88 Å². The molecule has 0 aliphatic heterocycles. The van der Waals surface area contributed by atoms with Gasteiger partial charge in [0.05, 0.1) is 22.1 Å². The lowest BCUT2D eigenvalue weighted by Gasteiger charge is -2.11. The summed E-state index contributed by atoms with van der Waals surface area (Å²) in [6, 6.07) is 6.67. The zero-order valence-electron chi connectivity index (χ0n) is 10.3. The fourth-order valence-corrected chi connectivity index (χ4v) is 2.08. The molecule has 19 heavy (non-hydrogen) atoms. The molecule has 2 aromatic rings. The standard InChI is InChI=1S/C13H13FIN3O/c1-19-13-4-8(2-3-17-13)7-18-12-5-9(14)10(15)6-11(12)16/h2-6,18H,7,16H2,1H3. The Morgan fingerprint density at radius 3 is 2.95 bits per heavy atom. The van der Waals surface area contributed by atoms with E-state index in [1.165, 1.54) is 6.07 Å². The number of nitrogens with two attached hydrogens (primary N) is 1. The molecule has 0 saturated heterocycles. The van der Waals surface area contributed by atoms with Crippen molar-refractivity contribution in [2.75, 3.05) is 18.2 Å². The van der Waals surface area contributed by atoms with Crippen LogP contribution in [0, 0.1) is 9.39 Å². The van der Waals surface area contributed by atoms with Crippen molar-refractivity contribution < 1.29 is 9.13 Å². The Kier molecular flexibility index (Phi) is 4.41. The molecule has 1 aromatic heterocycles. The van der Waals surface area contributed by atoms with E-state index < -0.39 is 0 Å². The SMILES string of the molecule is COc1cc(CNc2cc(F)c(I)cc2N)ccn1. The maximum Gasteiger partial charge on any atom is 0.213 e. The predicted molar refractivity (Wildman–Crippen MR) is 81.6 cm³/mol. The second-order valence-corrected chi connectivity index (χ2v) is 5.08. The van der Waals surface area contributed by atoms with Crippen molar-refractivity contribution >= 4 is 34.0 Å². The highest BCUT2D eigenvalue weighted by Crippen LogP contribution is 2.24. The van der Waals surface area contributed by atoms with Crippen LogP contribution in [0.5, 0.6) is 5.88 Å². The number of nitrogens with one attached hydrogen (secondary N) is 1. The molecule has 1 heterocycles. The van der Waals surface area contributed by atoms with Gasteiger partial charge in [-0.05, 0) is 40.3 Å². The predicted octanol–water partition coefficient (Wildman–Crippen LogP) is 3.03. The molecule has 0 fully saturated rings. The van der Waals surface area contributed by atoms with Crippen LogP contribution >= 0.6 is 22.6 Å². The molecule has 3 N–H and O–H groups in total. The van der Waals surface area contributed by atoms with Crippen LogP contribution in [-0.2, 0) is 6.54 Å². The van der Waals surface area contributed by atoms with Crippen LogP contribution < -0.4 is 15.8 Å². The Morgan fingerprint density at radius 2 is 2.21 bits per heavy atom. The average molecular weight is 373 g/mol. The normalized spacial score (nSPS) is 10.3. The van der Waals surface area contributed by atoms with Crippen molar-refractivity contribution in [2.45, 2.75) is 6.54 Å². The van der Waals surface area contributed by atoms with Crippen molar-refractivity contribution in [3.05, 3.63) is 45.4 Å². The molecule has 0 saturated carbocycles. The van der Waals surface area contributed by atoms with Crippen LogP contribution in [0.15, 0.2) is 30.5 Å². The van der Waals surface area contributed by atoms with Gasteiger partial charge in [0.1, 0.15) is 5.82 Å². The summed E-state index contributed by atoms with van der Waals surface area (Å²) in [7, 11) is 1.56. The van der Waals surface area contributed by atoms with Gasteiger partial charge in [0.15, 0.2) is 0 Å². The van der Waals surface area contributed by atoms with E-state index >= 15 is 0 Å².